The van der Waals surface area contributed by atoms with E-state index in [1.165, 1.54) is 10.8 Å². The third-order valence-corrected chi connectivity index (χ3v) is 9.83. The predicted molar refractivity (Wildman–Crippen MR) is 204 cm³/mol. The van der Waals surface area contributed by atoms with Crippen LogP contribution in [0.3, 0.4) is 0 Å². The molecule has 0 N–H and O–H groups in total. The van der Waals surface area contributed by atoms with Gasteiger partial charge in [0.15, 0.2) is 5.58 Å². The molecule has 5 heteroatoms. The second kappa shape index (κ2) is 10.3. The van der Waals surface area contributed by atoms with Crippen LogP contribution < -0.4 is 4.90 Å². The van der Waals surface area contributed by atoms with Crippen molar-refractivity contribution >= 4 is 93.6 Å². The van der Waals surface area contributed by atoms with Crippen LogP contribution in [-0.2, 0) is 0 Å². The highest BCUT2D eigenvalue weighted by Gasteiger charge is 2.21. The Bertz CT molecular complexity index is 3080. The number of rotatable bonds is 4. The van der Waals surface area contributed by atoms with Gasteiger partial charge in [0.1, 0.15) is 27.8 Å². The number of oxazole rings is 1. The van der Waals surface area contributed by atoms with E-state index in [1.54, 1.807) is 0 Å². The smallest absolute Gasteiger partial charge is 0.228 e. The molecule has 0 aliphatic rings. The second-order valence-electron chi connectivity index (χ2n) is 12.8. The van der Waals surface area contributed by atoms with Gasteiger partial charge in [-0.05, 0) is 94.3 Å². The first kappa shape index (κ1) is 27.1. The Labute approximate surface area is 285 Å². The molecule has 234 valence electrons. The molecule has 0 aliphatic carbocycles. The molecule has 0 spiro atoms. The van der Waals surface area contributed by atoms with Gasteiger partial charge in [0.05, 0.1) is 0 Å². The third-order valence-electron chi connectivity index (χ3n) is 9.83. The Hall–Kier alpha value is -6.85. The molecule has 3 aromatic heterocycles. The van der Waals surface area contributed by atoms with Crippen molar-refractivity contribution in [3.8, 4) is 11.5 Å². The summed E-state index contributed by atoms with van der Waals surface area (Å²) in [6.07, 6.45) is 0. The molecule has 0 bridgehead atoms. The molecule has 0 unspecified atom stereocenters. The predicted octanol–water partition coefficient (Wildman–Crippen LogP) is 13.1. The molecule has 0 saturated heterocycles. The van der Waals surface area contributed by atoms with Crippen molar-refractivity contribution in [3.05, 3.63) is 158 Å². The number of aromatic nitrogens is 1. The van der Waals surface area contributed by atoms with Crippen LogP contribution in [0.15, 0.2) is 171 Å². The van der Waals surface area contributed by atoms with Gasteiger partial charge in [-0.3, -0.25) is 0 Å². The molecule has 11 aromatic rings. The van der Waals surface area contributed by atoms with Crippen LogP contribution in [0.5, 0.6) is 0 Å². The molecule has 0 saturated carbocycles. The minimum absolute atomic E-state index is 0.575. The lowest BCUT2D eigenvalue weighted by atomic mass is 10.0. The van der Waals surface area contributed by atoms with Gasteiger partial charge in [0, 0.05) is 50.2 Å². The van der Waals surface area contributed by atoms with E-state index in [9.17, 15) is 0 Å². The summed E-state index contributed by atoms with van der Waals surface area (Å²) in [4.78, 5) is 7.22. The van der Waals surface area contributed by atoms with Gasteiger partial charge in [-0.2, -0.15) is 0 Å². The van der Waals surface area contributed by atoms with Crippen LogP contribution in [0, 0.1) is 0 Å². The minimum atomic E-state index is 0.575. The molecule has 0 atom stereocenters. The van der Waals surface area contributed by atoms with Crippen LogP contribution in [0.2, 0.25) is 0 Å². The molecule has 8 aromatic carbocycles. The monoisotopic (exact) mass is 642 g/mol. The summed E-state index contributed by atoms with van der Waals surface area (Å²) < 4.78 is 19.2. The molecule has 0 radical (unpaired) electrons. The van der Waals surface area contributed by atoms with Gasteiger partial charge < -0.3 is 18.2 Å². The lowest BCUT2D eigenvalue weighted by molar-refractivity contribution is 0.620. The molecule has 0 aliphatic heterocycles. The number of anilines is 3. The lowest BCUT2D eigenvalue weighted by Crippen LogP contribution is -2.09. The topological polar surface area (TPSA) is 55.6 Å². The van der Waals surface area contributed by atoms with Crippen LogP contribution in [0.25, 0.3) is 88.0 Å². The van der Waals surface area contributed by atoms with Gasteiger partial charge in [-0.1, -0.05) is 78.9 Å². The largest absolute Gasteiger partial charge is 0.456 e. The molecule has 0 amide bonds. The van der Waals surface area contributed by atoms with E-state index < -0.39 is 0 Å². The number of benzene rings is 8. The molecule has 0 fully saturated rings. The maximum absolute atomic E-state index is 6.59. The number of hydrogen-bond acceptors (Lipinski definition) is 5. The van der Waals surface area contributed by atoms with Crippen molar-refractivity contribution in [3.63, 3.8) is 0 Å². The van der Waals surface area contributed by atoms with Gasteiger partial charge in [-0.15, -0.1) is 0 Å². The highest BCUT2D eigenvalue weighted by atomic mass is 16.4. The first-order valence-electron chi connectivity index (χ1n) is 16.7. The third kappa shape index (κ3) is 4.10. The zero-order chi connectivity index (χ0) is 32.8. The Morgan fingerprint density at radius 3 is 1.94 bits per heavy atom. The summed E-state index contributed by atoms with van der Waals surface area (Å²) in [5.41, 5.74) is 8.85. The highest BCUT2D eigenvalue weighted by molar-refractivity contribution is 6.13. The van der Waals surface area contributed by atoms with Crippen LogP contribution in [0.4, 0.5) is 17.1 Å². The fraction of sp³-hybridized carbons (Fsp3) is 0. The van der Waals surface area contributed by atoms with Crippen molar-refractivity contribution < 1.29 is 13.3 Å². The second-order valence-corrected chi connectivity index (χ2v) is 12.8. The summed E-state index contributed by atoms with van der Waals surface area (Å²) in [5.74, 6) is 0.575. The van der Waals surface area contributed by atoms with Crippen molar-refractivity contribution in [2.45, 2.75) is 0 Å². The lowest BCUT2D eigenvalue weighted by Gasteiger charge is -2.26. The summed E-state index contributed by atoms with van der Waals surface area (Å²) in [6.45, 7) is 0. The van der Waals surface area contributed by atoms with E-state index in [0.717, 1.165) is 88.4 Å². The molecule has 11 rings (SSSR count). The number of para-hydroxylation sites is 1. The summed E-state index contributed by atoms with van der Waals surface area (Å²) >= 11 is 0. The maximum atomic E-state index is 6.59. The number of fused-ring (bicyclic) bond motifs is 9. The fourth-order valence-electron chi connectivity index (χ4n) is 7.48. The van der Waals surface area contributed by atoms with Crippen molar-refractivity contribution in [1.82, 2.24) is 4.98 Å². The molecule has 5 nitrogen and oxygen atoms in total. The average Bonchev–Trinajstić information content (AvgIpc) is 3.86. The Balaban J connectivity index is 1.10. The van der Waals surface area contributed by atoms with Crippen molar-refractivity contribution in [2.75, 3.05) is 4.90 Å². The Morgan fingerprint density at radius 1 is 0.380 bits per heavy atom. The molecular formula is C45H26N2O3. The van der Waals surface area contributed by atoms with E-state index in [1.807, 2.05) is 36.4 Å². The van der Waals surface area contributed by atoms with E-state index in [0.29, 0.717) is 5.89 Å². The summed E-state index contributed by atoms with van der Waals surface area (Å²) in [5, 5.41) is 8.77. The fourth-order valence-corrected chi connectivity index (χ4v) is 7.48. The van der Waals surface area contributed by atoms with E-state index in [4.69, 9.17) is 18.2 Å². The minimum Gasteiger partial charge on any atom is -0.456 e. The van der Waals surface area contributed by atoms with E-state index >= 15 is 0 Å². The first-order chi connectivity index (χ1) is 24.7. The molecule has 50 heavy (non-hydrogen) atoms. The van der Waals surface area contributed by atoms with Gasteiger partial charge >= 0.3 is 0 Å². The summed E-state index contributed by atoms with van der Waals surface area (Å²) in [6, 6.07) is 54.6. The Kier molecular flexibility index (Phi) is 5.60. The number of furan rings is 2. The average molecular weight is 643 g/mol. The van der Waals surface area contributed by atoms with Gasteiger partial charge in [0.25, 0.3) is 0 Å². The van der Waals surface area contributed by atoms with Gasteiger partial charge in [-0.25, -0.2) is 4.98 Å². The van der Waals surface area contributed by atoms with E-state index in [-0.39, 0.29) is 0 Å². The molecule has 3 heterocycles. The SMILES string of the molecule is c1ccc2cc(N(c3ccc4c(c3)oc3cccc(-c5nc6cc7ccccc7cc6o5)c34)c3ccc4oc5ccccc5c4c3)ccc2c1. The molecular weight excluding hydrogens is 617 g/mol. The van der Waals surface area contributed by atoms with Crippen molar-refractivity contribution in [1.29, 1.82) is 0 Å². The van der Waals surface area contributed by atoms with Gasteiger partial charge in [0.2, 0.25) is 5.89 Å². The maximum Gasteiger partial charge on any atom is 0.228 e. The first-order valence-corrected chi connectivity index (χ1v) is 16.7. The van der Waals surface area contributed by atoms with E-state index in [2.05, 4.69) is 126 Å². The Morgan fingerprint density at radius 2 is 1.04 bits per heavy atom. The van der Waals surface area contributed by atoms with Crippen LogP contribution in [-0.4, -0.2) is 4.98 Å². The zero-order valence-corrected chi connectivity index (χ0v) is 26.6. The van der Waals surface area contributed by atoms with Crippen LogP contribution >= 0.6 is 0 Å². The van der Waals surface area contributed by atoms with Crippen molar-refractivity contribution in [2.24, 2.45) is 0 Å². The number of nitrogens with zero attached hydrogens (tertiary/aromatic N) is 2. The zero-order valence-electron chi connectivity index (χ0n) is 26.6. The highest BCUT2D eigenvalue weighted by Crippen LogP contribution is 2.43. The quantitative estimate of drug-likeness (QED) is 0.191. The summed E-state index contributed by atoms with van der Waals surface area (Å²) in [7, 11) is 0. The van der Waals surface area contributed by atoms with Crippen LogP contribution in [0.1, 0.15) is 0 Å². The number of hydrogen-bond donors (Lipinski definition) is 0. The standard InChI is InChI=1S/C45H26N2O3/c1-2-9-28-22-31(17-16-27(28)8-1)47(32-19-21-40-37(25-32)34-12-5-6-14-39(34)48-40)33-18-20-35-42(26-33)49-41-15-7-13-36(44(35)41)45-46-38-23-29-10-3-4-11-30(29)24-43(38)50-45/h1-26H. The normalized spacial score (nSPS) is 12.0.